The van der Waals surface area contributed by atoms with E-state index in [4.69, 9.17) is 4.74 Å². The van der Waals surface area contributed by atoms with Gasteiger partial charge in [0.1, 0.15) is 0 Å². The molecule has 4 aromatic carbocycles. The third kappa shape index (κ3) is 7.00. The largest absolute Gasteiger partial charge is 0.376 e. The summed E-state index contributed by atoms with van der Waals surface area (Å²) in [4.78, 5) is 0. The molecule has 6 rings (SSSR count). The van der Waals surface area contributed by atoms with E-state index in [0.717, 1.165) is 13.0 Å². The number of unbranched alkanes of at least 4 members (excludes halogenated alkanes) is 3. The molecule has 2 unspecified atom stereocenters. The lowest BCUT2D eigenvalue weighted by Crippen LogP contribution is -2.66. The standard InChI is InChI=1S/C51H66OSi/c1-37-35-41(47(3,4)5)25-27-43(37)50(31-29-39-21-15-17-23-45(39)50)53(12,34-20-14-13-19-33-52-49(9,10)11)51(32-30-40-22-16-18-24-46(40)51)44-28-26-42(36-38(44)2)48(6,7)8/h15-18,21-32,35-36H,13-14,19-20,33-34H2,1-12H3. The minimum absolute atomic E-state index is 0.0809. The molecular formula is C51H66OSi. The van der Waals surface area contributed by atoms with Crippen molar-refractivity contribution >= 4 is 20.2 Å². The van der Waals surface area contributed by atoms with Crippen LogP contribution in [0.2, 0.25) is 12.6 Å². The fourth-order valence-electron chi connectivity index (χ4n) is 9.80. The van der Waals surface area contributed by atoms with Crippen molar-refractivity contribution in [2.45, 2.75) is 141 Å². The van der Waals surface area contributed by atoms with Crippen molar-refractivity contribution in [2.24, 2.45) is 0 Å². The summed E-state index contributed by atoms with van der Waals surface area (Å²) in [5.74, 6) is 0. The number of fused-ring (bicyclic) bond motifs is 2. The molecule has 2 aliphatic carbocycles. The van der Waals surface area contributed by atoms with Gasteiger partial charge in [0.05, 0.1) is 13.7 Å². The normalized spacial score (nSPS) is 20.8. The van der Waals surface area contributed by atoms with Gasteiger partial charge in [-0.05, 0) is 108 Å². The van der Waals surface area contributed by atoms with Crippen LogP contribution in [0.25, 0.3) is 12.2 Å². The van der Waals surface area contributed by atoms with Gasteiger partial charge in [-0.2, -0.15) is 0 Å². The van der Waals surface area contributed by atoms with Gasteiger partial charge in [-0.1, -0.05) is 183 Å². The Morgan fingerprint density at radius 2 is 0.962 bits per heavy atom. The van der Waals surface area contributed by atoms with Crippen LogP contribution >= 0.6 is 0 Å². The van der Waals surface area contributed by atoms with Gasteiger partial charge < -0.3 is 4.74 Å². The number of hydrogen-bond acceptors (Lipinski definition) is 1. The van der Waals surface area contributed by atoms with Crippen LogP contribution in [0.1, 0.15) is 144 Å². The molecule has 0 saturated carbocycles. The van der Waals surface area contributed by atoms with Crippen LogP contribution < -0.4 is 0 Å². The number of rotatable bonds is 11. The lowest BCUT2D eigenvalue weighted by atomic mass is 9.81. The summed E-state index contributed by atoms with van der Waals surface area (Å²) in [6.07, 6.45) is 15.0. The molecule has 53 heavy (non-hydrogen) atoms. The first kappa shape index (κ1) is 39.2. The molecule has 1 nitrogen and oxygen atoms in total. The minimum atomic E-state index is -2.66. The summed E-state index contributed by atoms with van der Waals surface area (Å²) < 4.78 is 6.15. The Bertz CT molecular complexity index is 1880. The van der Waals surface area contributed by atoms with Crippen LogP contribution in [0.3, 0.4) is 0 Å². The molecule has 0 N–H and O–H groups in total. The van der Waals surface area contributed by atoms with E-state index in [2.05, 4.69) is 192 Å². The number of benzene rings is 4. The number of aryl methyl sites for hydroxylation is 2. The highest BCUT2D eigenvalue weighted by atomic mass is 28.3. The molecular weight excluding hydrogens is 657 g/mol. The van der Waals surface area contributed by atoms with Crippen molar-refractivity contribution < 1.29 is 4.74 Å². The summed E-state index contributed by atoms with van der Waals surface area (Å²) in [6, 6.07) is 34.8. The summed E-state index contributed by atoms with van der Waals surface area (Å²) in [7, 11) is -2.66. The summed E-state index contributed by atoms with van der Waals surface area (Å²) in [5, 5.41) is -0.507. The van der Waals surface area contributed by atoms with Gasteiger partial charge in [-0.3, -0.25) is 0 Å². The van der Waals surface area contributed by atoms with E-state index in [1.165, 1.54) is 80.9 Å². The molecule has 2 heteroatoms. The van der Waals surface area contributed by atoms with Crippen molar-refractivity contribution in [1.82, 2.24) is 0 Å². The summed E-state index contributed by atoms with van der Waals surface area (Å²) in [6.45, 7) is 28.9. The van der Waals surface area contributed by atoms with E-state index in [0.29, 0.717) is 0 Å². The molecule has 0 radical (unpaired) electrons. The third-order valence-electron chi connectivity index (χ3n) is 12.7. The van der Waals surface area contributed by atoms with Gasteiger partial charge in [0.25, 0.3) is 0 Å². The Morgan fingerprint density at radius 3 is 1.38 bits per heavy atom. The number of ether oxygens (including phenoxy) is 1. The second-order valence-electron chi connectivity index (χ2n) is 19.5. The molecule has 0 aromatic heterocycles. The van der Waals surface area contributed by atoms with Crippen molar-refractivity contribution in [1.29, 1.82) is 0 Å². The third-order valence-corrected chi connectivity index (χ3v) is 18.9. The average Bonchev–Trinajstić information content (AvgIpc) is 3.67. The molecule has 0 heterocycles. The Labute approximate surface area is 324 Å². The monoisotopic (exact) mass is 722 g/mol. The maximum atomic E-state index is 6.15. The first-order valence-corrected chi connectivity index (χ1v) is 23.0. The molecule has 0 amide bonds. The molecule has 0 spiro atoms. The van der Waals surface area contributed by atoms with Gasteiger partial charge in [-0.25, -0.2) is 0 Å². The van der Waals surface area contributed by atoms with Crippen LogP contribution in [0.15, 0.2) is 97.1 Å². The predicted octanol–water partition coefficient (Wildman–Crippen LogP) is 13.8. The predicted molar refractivity (Wildman–Crippen MR) is 233 cm³/mol. The van der Waals surface area contributed by atoms with E-state index < -0.39 is 8.07 Å². The van der Waals surface area contributed by atoms with Crippen molar-refractivity contribution in [3.63, 3.8) is 0 Å². The van der Waals surface area contributed by atoms with Gasteiger partial charge >= 0.3 is 0 Å². The molecule has 2 aliphatic rings. The van der Waals surface area contributed by atoms with E-state index in [1.807, 2.05) is 0 Å². The first-order valence-electron chi connectivity index (χ1n) is 20.3. The first-order chi connectivity index (χ1) is 24.8. The molecule has 0 aliphatic heterocycles. The van der Waals surface area contributed by atoms with Gasteiger partial charge in [0, 0.05) is 16.7 Å². The number of hydrogen-bond donors (Lipinski definition) is 0. The van der Waals surface area contributed by atoms with Crippen molar-refractivity contribution in [3.05, 3.63) is 153 Å². The SMILES string of the molecule is Cc1cc(C(C)(C)C)ccc1C1([Si](C)(CCCCCCOC(C)(C)C)C2(c3ccc(C(C)(C)C)cc3C)C=Cc3ccccc32)C=Cc2ccccc21. The Morgan fingerprint density at radius 1 is 0.528 bits per heavy atom. The fourth-order valence-corrected chi connectivity index (χ4v) is 16.5. The van der Waals surface area contributed by atoms with Crippen LogP contribution in [0, 0.1) is 13.8 Å². The van der Waals surface area contributed by atoms with E-state index in [1.54, 1.807) is 0 Å². The second kappa shape index (κ2) is 14.3. The maximum absolute atomic E-state index is 6.15. The smallest absolute Gasteiger partial charge is 0.0931 e. The van der Waals surface area contributed by atoms with E-state index in [-0.39, 0.29) is 26.5 Å². The number of allylic oxidation sites excluding steroid dienone is 2. The van der Waals surface area contributed by atoms with Gasteiger partial charge in [-0.15, -0.1) is 0 Å². The summed E-state index contributed by atoms with van der Waals surface area (Å²) >= 11 is 0. The highest BCUT2D eigenvalue weighted by molar-refractivity contribution is 6.87. The van der Waals surface area contributed by atoms with E-state index >= 15 is 0 Å². The Kier molecular flexibility index (Phi) is 10.6. The Hall–Kier alpha value is -3.46. The lowest BCUT2D eigenvalue weighted by molar-refractivity contribution is -0.00471. The molecule has 0 fully saturated rings. The quantitative estimate of drug-likeness (QED) is 0.111. The lowest BCUT2D eigenvalue weighted by Gasteiger charge is -2.57. The molecule has 280 valence electrons. The van der Waals surface area contributed by atoms with Crippen molar-refractivity contribution in [3.8, 4) is 0 Å². The second-order valence-corrected chi connectivity index (χ2v) is 24.2. The molecule has 0 saturated heterocycles. The van der Waals surface area contributed by atoms with Crippen LogP contribution in [0.4, 0.5) is 0 Å². The average molecular weight is 723 g/mol. The van der Waals surface area contributed by atoms with Crippen LogP contribution in [-0.4, -0.2) is 20.3 Å². The van der Waals surface area contributed by atoms with Crippen molar-refractivity contribution in [2.75, 3.05) is 6.61 Å². The molecule has 4 aromatic rings. The molecule has 2 atom stereocenters. The maximum Gasteiger partial charge on any atom is 0.0931 e. The Balaban J connectivity index is 1.63. The van der Waals surface area contributed by atoms with Crippen LogP contribution in [0.5, 0.6) is 0 Å². The fraction of sp³-hybridized carbons (Fsp3) is 0.451. The minimum Gasteiger partial charge on any atom is -0.376 e. The summed E-state index contributed by atoms with van der Waals surface area (Å²) in [5.41, 5.74) is 14.4. The van der Waals surface area contributed by atoms with Gasteiger partial charge in [0.15, 0.2) is 0 Å². The zero-order valence-corrected chi connectivity index (χ0v) is 36.0. The zero-order valence-electron chi connectivity index (χ0n) is 35.0. The van der Waals surface area contributed by atoms with E-state index in [9.17, 15) is 0 Å². The zero-order chi connectivity index (χ0) is 38.5. The molecule has 0 bridgehead atoms. The van der Waals surface area contributed by atoms with Crippen LogP contribution in [-0.2, 0) is 25.6 Å². The highest BCUT2D eigenvalue weighted by Crippen LogP contribution is 2.62. The topological polar surface area (TPSA) is 9.23 Å². The highest BCUT2D eigenvalue weighted by Gasteiger charge is 2.65. The van der Waals surface area contributed by atoms with Gasteiger partial charge in [0.2, 0.25) is 0 Å².